The van der Waals surface area contributed by atoms with E-state index in [2.05, 4.69) is 20.7 Å². The summed E-state index contributed by atoms with van der Waals surface area (Å²) in [5.41, 5.74) is 0.263. The van der Waals surface area contributed by atoms with E-state index in [9.17, 15) is 13.5 Å². The van der Waals surface area contributed by atoms with Gasteiger partial charge in [0.2, 0.25) is 0 Å². The number of anilines is 1. The van der Waals surface area contributed by atoms with Crippen LogP contribution in [0, 0.1) is 0 Å². The molecule has 0 atom stereocenters. The van der Waals surface area contributed by atoms with Crippen molar-refractivity contribution in [1.29, 1.82) is 0 Å². The van der Waals surface area contributed by atoms with Gasteiger partial charge in [0.15, 0.2) is 0 Å². The number of aromatic hydroxyl groups is 1. The Kier molecular flexibility index (Phi) is 4.03. The number of nitrogens with one attached hydrogen (secondary N) is 1. The van der Waals surface area contributed by atoms with Gasteiger partial charge in [-0.2, -0.15) is 0 Å². The number of hydrogen-bond acceptors (Lipinski definition) is 3. The predicted molar refractivity (Wildman–Crippen MR) is 78.1 cm³/mol. The molecule has 0 aliphatic carbocycles. The smallest absolute Gasteiger partial charge is 0.263 e. The minimum Gasteiger partial charge on any atom is -0.508 e. The topological polar surface area (TPSA) is 66.4 Å². The molecule has 0 saturated heterocycles. The predicted octanol–water partition coefficient (Wildman–Crippen LogP) is 3.61. The van der Waals surface area contributed by atoms with E-state index >= 15 is 0 Å². The molecule has 19 heavy (non-hydrogen) atoms. The first-order valence-electron chi connectivity index (χ1n) is 5.15. The van der Waals surface area contributed by atoms with E-state index in [4.69, 9.17) is 11.6 Å². The lowest BCUT2D eigenvalue weighted by Crippen LogP contribution is -2.13. The van der Waals surface area contributed by atoms with Gasteiger partial charge in [-0.25, -0.2) is 8.42 Å². The Morgan fingerprint density at radius 3 is 2.53 bits per heavy atom. The quantitative estimate of drug-likeness (QED) is 0.876. The first-order chi connectivity index (χ1) is 8.88. The van der Waals surface area contributed by atoms with Gasteiger partial charge in [0.25, 0.3) is 10.0 Å². The van der Waals surface area contributed by atoms with Crippen LogP contribution in [0.2, 0.25) is 5.02 Å². The van der Waals surface area contributed by atoms with Crippen molar-refractivity contribution in [2.75, 3.05) is 4.72 Å². The maximum absolute atomic E-state index is 12.2. The van der Waals surface area contributed by atoms with Gasteiger partial charge >= 0.3 is 0 Å². The van der Waals surface area contributed by atoms with E-state index in [-0.39, 0.29) is 21.4 Å². The zero-order valence-corrected chi connectivity index (χ0v) is 12.6. The standard InChI is InChI=1S/C12H9BrClNO3S/c13-8-4-5-12(11(14)6-8)19(17,18)15-9-2-1-3-10(16)7-9/h1-7,15-16H. The number of phenols is 1. The molecule has 0 spiro atoms. The van der Waals surface area contributed by atoms with Gasteiger partial charge in [0.05, 0.1) is 10.7 Å². The molecule has 2 rings (SSSR count). The molecule has 0 aliphatic rings. The molecule has 0 amide bonds. The van der Waals surface area contributed by atoms with Crippen molar-refractivity contribution >= 4 is 43.2 Å². The van der Waals surface area contributed by atoms with Crippen molar-refractivity contribution in [2.24, 2.45) is 0 Å². The van der Waals surface area contributed by atoms with Crippen LogP contribution in [0.25, 0.3) is 0 Å². The molecular weight excluding hydrogens is 354 g/mol. The van der Waals surface area contributed by atoms with E-state index in [1.807, 2.05) is 0 Å². The van der Waals surface area contributed by atoms with Crippen LogP contribution in [0.3, 0.4) is 0 Å². The van der Waals surface area contributed by atoms with Gasteiger partial charge in [0.1, 0.15) is 10.6 Å². The molecule has 2 N–H and O–H groups in total. The fraction of sp³-hybridized carbons (Fsp3) is 0. The van der Waals surface area contributed by atoms with Gasteiger partial charge in [-0.15, -0.1) is 0 Å². The highest BCUT2D eigenvalue weighted by atomic mass is 79.9. The monoisotopic (exact) mass is 361 g/mol. The summed E-state index contributed by atoms with van der Waals surface area (Å²) in [5.74, 6) is -0.0258. The third-order valence-electron chi connectivity index (χ3n) is 2.28. The molecule has 0 aromatic heterocycles. The van der Waals surface area contributed by atoms with Crippen molar-refractivity contribution in [3.63, 3.8) is 0 Å². The lowest BCUT2D eigenvalue weighted by atomic mass is 10.3. The largest absolute Gasteiger partial charge is 0.508 e. The average Bonchev–Trinajstić information content (AvgIpc) is 2.27. The summed E-state index contributed by atoms with van der Waals surface area (Å²) in [5, 5.41) is 9.42. The van der Waals surface area contributed by atoms with Gasteiger partial charge < -0.3 is 5.11 Å². The number of hydrogen-bond donors (Lipinski definition) is 2. The molecule has 100 valence electrons. The molecule has 7 heteroatoms. The molecule has 0 bridgehead atoms. The van der Waals surface area contributed by atoms with Crippen LogP contribution in [-0.4, -0.2) is 13.5 Å². The summed E-state index contributed by atoms with van der Waals surface area (Å²) in [6, 6.07) is 10.3. The molecule has 2 aromatic carbocycles. The third kappa shape index (κ3) is 3.40. The van der Waals surface area contributed by atoms with Gasteiger partial charge in [0, 0.05) is 10.5 Å². The molecule has 0 saturated carbocycles. The molecule has 4 nitrogen and oxygen atoms in total. The van der Waals surface area contributed by atoms with Crippen molar-refractivity contribution in [2.45, 2.75) is 4.90 Å². The zero-order valence-electron chi connectivity index (χ0n) is 9.47. The Hall–Kier alpha value is -1.24. The number of rotatable bonds is 3. The summed E-state index contributed by atoms with van der Waals surface area (Å²) in [4.78, 5) is -0.0271. The van der Waals surface area contributed by atoms with E-state index in [0.29, 0.717) is 4.47 Å². The first-order valence-corrected chi connectivity index (χ1v) is 7.81. The first kappa shape index (κ1) is 14.2. The minimum absolute atomic E-state index is 0.0258. The minimum atomic E-state index is -3.79. The molecule has 0 aliphatic heterocycles. The van der Waals surface area contributed by atoms with Crippen LogP contribution in [0.15, 0.2) is 51.8 Å². The second-order valence-electron chi connectivity index (χ2n) is 3.73. The second kappa shape index (κ2) is 5.40. The highest BCUT2D eigenvalue weighted by Gasteiger charge is 2.18. The average molecular weight is 363 g/mol. The van der Waals surface area contributed by atoms with Crippen LogP contribution >= 0.6 is 27.5 Å². The fourth-order valence-corrected chi connectivity index (χ4v) is 3.56. The van der Waals surface area contributed by atoms with Gasteiger partial charge in [-0.05, 0) is 30.3 Å². The highest BCUT2D eigenvalue weighted by molar-refractivity contribution is 9.10. The fourth-order valence-electron chi connectivity index (χ4n) is 1.47. The second-order valence-corrected chi connectivity index (χ2v) is 6.70. The Labute approximate surface area is 124 Å². The third-order valence-corrected chi connectivity index (χ3v) is 4.64. The van der Waals surface area contributed by atoms with Crippen LogP contribution in [0.1, 0.15) is 0 Å². The van der Waals surface area contributed by atoms with Gasteiger partial charge in [-0.1, -0.05) is 33.6 Å². The number of sulfonamides is 1. The molecule has 0 radical (unpaired) electrons. The normalized spacial score (nSPS) is 11.3. The summed E-state index contributed by atoms with van der Waals surface area (Å²) in [6.07, 6.45) is 0. The van der Waals surface area contributed by atoms with Crippen LogP contribution in [-0.2, 0) is 10.0 Å². The van der Waals surface area contributed by atoms with Crippen LogP contribution in [0.4, 0.5) is 5.69 Å². The summed E-state index contributed by atoms with van der Waals surface area (Å²) >= 11 is 9.12. The lowest BCUT2D eigenvalue weighted by molar-refractivity contribution is 0.475. The summed E-state index contributed by atoms with van der Waals surface area (Å²) in [7, 11) is -3.79. The molecular formula is C12H9BrClNO3S. The Balaban J connectivity index is 2.38. The van der Waals surface area contributed by atoms with E-state index in [1.54, 1.807) is 6.07 Å². The summed E-state index contributed by atoms with van der Waals surface area (Å²) < 4.78 is 27.3. The highest BCUT2D eigenvalue weighted by Crippen LogP contribution is 2.27. The Morgan fingerprint density at radius 2 is 1.89 bits per heavy atom. The Bertz CT molecular complexity index is 719. The molecule has 0 unspecified atom stereocenters. The van der Waals surface area contributed by atoms with Crippen molar-refractivity contribution in [3.05, 3.63) is 52.0 Å². The van der Waals surface area contributed by atoms with Crippen molar-refractivity contribution in [3.8, 4) is 5.75 Å². The Morgan fingerprint density at radius 1 is 1.16 bits per heavy atom. The molecule has 2 aromatic rings. The SMILES string of the molecule is O=S(=O)(Nc1cccc(O)c1)c1ccc(Br)cc1Cl. The van der Waals surface area contributed by atoms with E-state index < -0.39 is 10.0 Å². The van der Waals surface area contributed by atoms with Gasteiger partial charge in [-0.3, -0.25) is 4.72 Å². The zero-order chi connectivity index (χ0) is 14.0. The number of benzene rings is 2. The summed E-state index contributed by atoms with van der Waals surface area (Å²) in [6.45, 7) is 0. The number of phenolic OH excluding ortho intramolecular Hbond substituents is 1. The van der Waals surface area contributed by atoms with Crippen LogP contribution < -0.4 is 4.72 Å². The maximum atomic E-state index is 12.2. The molecule has 0 fully saturated rings. The van der Waals surface area contributed by atoms with Crippen LogP contribution in [0.5, 0.6) is 5.75 Å². The number of halogens is 2. The van der Waals surface area contributed by atoms with Crippen molar-refractivity contribution in [1.82, 2.24) is 0 Å². The van der Waals surface area contributed by atoms with Crippen molar-refractivity contribution < 1.29 is 13.5 Å². The van der Waals surface area contributed by atoms with E-state index in [0.717, 1.165) is 0 Å². The van der Waals surface area contributed by atoms with E-state index in [1.165, 1.54) is 36.4 Å². The molecule has 0 heterocycles. The maximum Gasteiger partial charge on any atom is 0.263 e. The lowest BCUT2D eigenvalue weighted by Gasteiger charge is -2.09.